The van der Waals surface area contributed by atoms with Gasteiger partial charge in [0.1, 0.15) is 5.75 Å². The van der Waals surface area contributed by atoms with Crippen molar-refractivity contribution in [1.82, 2.24) is 5.32 Å². The molecular formula is C11H13NO3. The van der Waals surface area contributed by atoms with Gasteiger partial charge in [-0.15, -0.1) is 0 Å². The van der Waals surface area contributed by atoms with Gasteiger partial charge >= 0.3 is 0 Å². The van der Waals surface area contributed by atoms with E-state index in [1.165, 1.54) is 0 Å². The first-order valence-corrected chi connectivity index (χ1v) is 4.84. The summed E-state index contributed by atoms with van der Waals surface area (Å²) in [7, 11) is 1.60. The van der Waals surface area contributed by atoms with Crippen LogP contribution in [0.2, 0.25) is 0 Å². The van der Waals surface area contributed by atoms with E-state index in [0.29, 0.717) is 13.2 Å². The molecule has 0 saturated carbocycles. The highest BCUT2D eigenvalue weighted by molar-refractivity contribution is 5.82. The first kappa shape index (κ1) is 9.98. The first-order valence-electron chi connectivity index (χ1n) is 4.84. The van der Waals surface area contributed by atoms with Crippen LogP contribution in [-0.4, -0.2) is 26.2 Å². The summed E-state index contributed by atoms with van der Waals surface area (Å²) in [5.74, 6) is 0.643. The fourth-order valence-electron chi connectivity index (χ4n) is 1.57. The van der Waals surface area contributed by atoms with Gasteiger partial charge in [0.2, 0.25) is 0 Å². The maximum atomic E-state index is 11.5. The lowest BCUT2D eigenvalue weighted by Gasteiger charge is -2.23. The minimum Gasteiger partial charge on any atom is -0.497 e. The molecule has 1 atom stereocenters. The molecule has 0 aromatic heterocycles. The monoisotopic (exact) mass is 207 g/mol. The number of methoxy groups -OCH3 is 1. The topological polar surface area (TPSA) is 47.6 Å². The number of hydrogen-bond donors (Lipinski definition) is 1. The standard InChI is InChI=1S/C11H13NO3/c1-14-9-4-2-3-8(7-9)10-11(13)12-5-6-15-10/h2-4,7,10H,5-6H2,1H3,(H,12,13)/t10-/m0/s1. The molecule has 1 amide bonds. The van der Waals surface area contributed by atoms with Gasteiger partial charge in [-0.2, -0.15) is 0 Å². The summed E-state index contributed by atoms with van der Waals surface area (Å²) in [6, 6.07) is 7.36. The third-order valence-corrected chi connectivity index (χ3v) is 2.32. The van der Waals surface area contributed by atoms with Crippen molar-refractivity contribution in [3.8, 4) is 5.75 Å². The third-order valence-electron chi connectivity index (χ3n) is 2.32. The van der Waals surface area contributed by atoms with Crippen LogP contribution in [0.15, 0.2) is 24.3 Å². The van der Waals surface area contributed by atoms with Crippen molar-refractivity contribution >= 4 is 5.91 Å². The Morgan fingerprint density at radius 2 is 2.40 bits per heavy atom. The maximum Gasteiger partial charge on any atom is 0.253 e. The van der Waals surface area contributed by atoms with Gasteiger partial charge in [0, 0.05) is 6.54 Å². The Bertz CT molecular complexity index is 365. The largest absolute Gasteiger partial charge is 0.497 e. The molecule has 0 unspecified atom stereocenters. The van der Waals surface area contributed by atoms with E-state index >= 15 is 0 Å². The molecule has 2 rings (SSSR count). The van der Waals surface area contributed by atoms with Gasteiger partial charge in [-0.1, -0.05) is 12.1 Å². The summed E-state index contributed by atoms with van der Waals surface area (Å²) in [6.45, 7) is 1.13. The second kappa shape index (κ2) is 4.31. The molecular weight excluding hydrogens is 194 g/mol. The molecule has 1 saturated heterocycles. The molecule has 4 nitrogen and oxygen atoms in total. The number of carbonyl (C=O) groups is 1. The number of nitrogens with one attached hydrogen (secondary N) is 1. The third kappa shape index (κ3) is 2.10. The Morgan fingerprint density at radius 1 is 1.53 bits per heavy atom. The summed E-state index contributed by atoms with van der Waals surface area (Å²) in [4.78, 5) is 11.5. The Labute approximate surface area is 88.2 Å². The lowest BCUT2D eigenvalue weighted by atomic mass is 10.1. The Balaban J connectivity index is 2.23. The highest BCUT2D eigenvalue weighted by atomic mass is 16.5. The minimum absolute atomic E-state index is 0.0884. The van der Waals surface area contributed by atoms with Crippen LogP contribution in [0.1, 0.15) is 11.7 Å². The fraction of sp³-hybridized carbons (Fsp3) is 0.364. The number of amides is 1. The Hall–Kier alpha value is -1.55. The van der Waals surface area contributed by atoms with Crippen molar-refractivity contribution in [2.45, 2.75) is 6.10 Å². The van der Waals surface area contributed by atoms with E-state index in [9.17, 15) is 4.79 Å². The highest BCUT2D eigenvalue weighted by Crippen LogP contribution is 2.23. The molecule has 1 fully saturated rings. The first-order chi connectivity index (χ1) is 7.31. The summed E-state index contributed by atoms with van der Waals surface area (Å²) in [6.07, 6.45) is -0.506. The average Bonchev–Trinajstić information content (AvgIpc) is 2.30. The van der Waals surface area contributed by atoms with E-state index in [1.807, 2.05) is 24.3 Å². The van der Waals surface area contributed by atoms with Crippen molar-refractivity contribution in [2.75, 3.05) is 20.3 Å². The number of hydrogen-bond acceptors (Lipinski definition) is 3. The summed E-state index contributed by atoms with van der Waals surface area (Å²) in [5, 5.41) is 2.76. The zero-order valence-electron chi connectivity index (χ0n) is 8.53. The van der Waals surface area contributed by atoms with Gasteiger partial charge in [0.05, 0.1) is 13.7 Å². The van der Waals surface area contributed by atoms with E-state index in [2.05, 4.69) is 5.32 Å². The van der Waals surface area contributed by atoms with Gasteiger partial charge in [0.15, 0.2) is 6.10 Å². The fourth-order valence-corrected chi connectivity index (χ4v) is 1.57. The van der Waals surface area contributed by atoms with Gasteiger partial charge < -0.3 is 14.8 Å². The van der Waals surface area contributed by atoms with Crippen LogP contribution < -0.4 is 10.1 Å². The van der Waals surface area contributed by atoms with E-state index in [4.69, 9.17) is 9.47 Å². The van der Waals surface area contributed by atoms with Crippen LogP contribution in [0, 0.1) is 0 Å². The highest BCUT2D eigenvalue weighted by Gasteiger charge is 2.24. The van der Waals surface area contributed by atoms with E-state index in [0.717, 1.165) is 11.3 Å². The van der Waals surface area contributed by atoms with Crippen LogP contribution >= 0.6 is 0 Å². The second-order valence-electron chi connectivity index (χ2n) is 3.32. The van der Waals surface area contributed by atoms with Crippen LogP contribution in [0.25, 0.3) is 0 Å². The Morgan fingerprint density at radius 3 is 3.13 bits per heavy atom. The molecule has 1 aliphatic heterocycles. The summed E-state index contributed by atoms with van der Waals surface area (Å²) in [5.41, 5.74) is 0.826. The molecule has 15 heavy (non-hydrogen) atoms. The lowest BCUT2D eigenvalue weighted by Crippen LogP contribution is -2.39. The average molecular weight is 207 g/mol. The quantitative estimate of drug-likeness (QED) is 0.783. The van der Waals surface area contributed by atoms with Crippen molar-refractivity contribution in [3.63, 3.8) is 0 Å². The van der Waals surface area contributed by atoms with E-state index in [-0.39, 0.29) is 5.91 Å². The summed E-state index contributed by atoms with van der Waals surface area (Å²) < 4.78 is 10.5. The zero-order valence-corrected chi connectivity index (χ0v) is 8.53. The normalized spacial score (nSPS) is 20.9. The Kier molecular flexibility index (Phi) is 2.87. The van der Waals surface area contributed by atoms with Crippen molar-refractivity contribution in [2.24, 2.45) is 0 Å². The SMILES string of the molecule is COc1cccc([C@@H]2OCCNC2=O)c1. The molecule has 1 aromatic rings. The number of carbonyl (C=O) groups excluding carboxylic acids is 1. The van der Waals surface area contributed by atoms with Gasteiger partial charge in [-0.3, -0.25) is 4.79 Å². The minimum atomic E-state index is -0.506. The van der Waals surface area contributed by atoms with Crippen LogP contribution in [-0.2, 0) is 9.53 Å². The maximum absolute atomic E-state index is 11.5. The molecule has 0 aliphatic carbocycles. The number of ether oxygens (including phenoxy) is 2. The lowest BCUT2D eigenvalue weighted by molar-refractivity contribution is -0.138. The van der Waals surface area contributed by atoms with Crippen LogP contribution in [0.5, 0.6) is 5.75 Å². The number of benzene rings is 1. The molecule has 4 heteroatoms. The second-order valence-corrected chi connectivity index (χ2v) is 3.32. The van der Waals surface area contributed by atoms with Gasteiger partial charge in [-0.25, -0.2) is 0 Å². The predicted octanol–water partition coefficient (Wildman–Crippen LogP) is 0.883. The van der Waals surface area contributed by atoms with Crippen LogP contribution in [0.4, 0.5) is 0 Å². The summed E-state index contributed by atoms with van der Waals surface area (Å²) >= 11 is 0. The van der Waals surface area contributed by atoms with E-state index in [1.54, 1.807) is 7.11 Å². The van der Waals surface area contributed by atoms with E-state index < -0.39 is 6.10 Å². The molecule has 1 N–H and O–H groups in total. The van der Waals surface area contributed by atoms with Gasteiger partial charge in [0.25, 0.3) is 5.91 Å². The smallest absolute Gasteiger partial charge is 0.253 e. The molecule has 1 heterocycles. The molecule has 1 aromatic carbocycles. The predicted molar refractivity (Wildman–Crippen MR) is 54.7 cm³/mol. The van der Waals surface area contributed by atoms with Crippen LogP contribution in [0.3, 0.4) is 0 Å². The molecule has 80 valence electrons. The molecule has 1 aliphatic rings. The van der Waals surface area contributed by atoms with Crippen molar-refractivity contribution in [3.05, 3.63) is 29.8 Å². The van der Waals surface area contributed by atoms with Gasteiger partial charge in [-0.05, 0) is 17.7 Å². The number of morpholine rings is 1. The molecule has 0 spiro atoms. The zero-order chi connectivity index (χ0) is 10.7. The van der Waals surface area contributed by atoms with Crippen molar-refractivity contribution in [1.29, 1.82) is 0 Å². The molecule has 0 radical (unpaired) electrons. The molecule has 0 bridgehead atoms. The van der Waals surface area contributed by atoms with Crippen molar-refractivity contribution < 1.29 is 14.3 Å². The number of rotatable bonds is 2.